The number of fused-ring (bicyclic) bond motifs is 1. The van der Waals surface area contributed by atoms with Gasteiger partial charge in [-0.25, -0.2) is 0 Å². The minimum absolute atomic E-state index is 1.06. The summed E-state index contributed by atoms with van der Waals surface area (Å²) in [6.07, 6.45) is 4.29. The van der Waals surface area contributed by atoms with Gasteiger partial charge in [0, 0.05) is 23.5 Å². The lowest BCUT2D eigenvalue weighted by Gasteiger charge is -2.03. The molecule has 0 spiro atoms. The fourth-order valence-electron chi connectivity index (χ4n) is 2.46. The van der Waals surface area contributed by atoms with Crippen LogP contribution in [-0.2, 0) is 13.0 Å². The van der Waals surface area contributed by atoms with Gasteiger partial charge in [0.25, 0.3) is 0 Å². The lowest BCUT2D eigenvalue weighted by Crippen LogP contribution is -1.94. The van der Waals surface area contributed by atoms with Crippen LogP contribution < -0.4 is 0 Å². The summed E-state index contributed by atoms with van der Waals surface area (Å²) in [5.74, 6) is 0. The molecule has 3 nitrogen and oxygen atoms in total. The number of rotatable bonds is 1. The number of pyridine rings is 1. The van der Waals surface area contributed by atoms with E-state index in [1.165, 1.54) is 23.2 Å². The second-order valence-corrected chi connectivity index (χ2v) is 4.50. The molecule has 3 heterocycles. The fraction of sp³-hybridized carbons (Fsp3) is 0.385. The van der Waals surface area contributed by atoms with E-state index in [9.17, 15) is 0 Å². The van der Waals surface area contributed by atoms with Crippen LogP contribution in [-0.4, -0.2) is 14.8 Å². The summed E-state index contributed by atoms with van der Waals surface area (Å²) in [7, 11) is 0. The highest BCUT2D eigenvalue weighted by Gasteiger charge is 2.18. The molecule has 0 unspecified atom stereocenters. The van der Waals surface area contributed by atoms with Crippen LogP contribution in [0.15, 0.2) is 18.3 Å². The van der Waals surface area contributed by atoms with E-state index in [1.807, 2.05) is 13.1 Å². The third-order valence-electron chi connectivity index (χ3n) is 3.11. The molecule has 0 N–H and O–H groups in total. The SMILES string of the molecule is Cc1cc(C)nc(-c2cnn3c2CCC3)c1. The molecule has 3 heteroatoms. The summed E-state index contributed by atoms with van der Waals surface area (Å²) in [5.41, 5.74) is 5.97. The molecule has 0 saturated heterocycles. The zero-order valence-corrected chi connectivity index (χ0v) is 9.70. The van der Waals surface area contributed by atoms with E-state index in [0.717, 1.165) is 24.4 Å². The molecule has 2 aromatic rings. The molecule has 1 aliphatic rings. The highest BCUT2D eigenvalue weighted by Crippen LogP contribution is 2.27. The maximum atomic E-state index is 4.60. The average molecular weight is 213 g/mol. The Labute approximate surface area is 95.1 Å². The van der Waals surface area contributed by atoms with E-state index in [4.69, 9.17) is 0 Å². The smallest absolute Gasteiger partial charge is 0.0742 e. The summed E-state index contributed by atoms with van der Waals surface area (Å²) in [6, 6.07) is 4.25. The quantitative estimate of drug-likeness (QED) is 0.728. The second kappa shape index (κ2) is 3.44. The number of aryl methyl sites for hydroxylation is 3. The average Bonchev–Trinajstić information content (AvgIpc) is 2.75. The second-order valence-electron chi connectivity index (χ2n) is 4.50. The third kappa shape index (κ3) is 1.43. The van der Waals surface area contributed by atoms with Crippen molar-refractivity contribution in [1.82, 2.24) is 14.8 Å². The molecule has 0 aromatic carbocycles. The maximum absolute atomic E-state index is 4.60. The molecule has 0 radical (unpaired) electrons. The van der Waals surface area contributed by atoms with E-state index in [1.54, 1.807) is 0 Å². The molecular formula is C13H15N3. The van der Waals surface area contributed by atoms with Gasteiger partial charge < -0.3 is 0 Å². The van der Waals surface area contributed by atoms with Crippen molar-refractivity contribution in [2.45, 2.75) is 33.2 Å². The van der Waals surface area contributed by atoms with Crippen LogP contribution in [0.3, 0.4) is 0 Å². The van der Waals surface area contributed by atoms with Crippen molar-refractivity contribution < 1.29 is 0 Å². The first-order chi connectivity index (χ1) is 7.74. The standard InChI is InChI=1S/C13H15N3/c1-9-6-10(2)15-12(7-9)11-8-14-16-5-3-4-13(11)16/h6-8H,3-5H2,1-2H3. The monoisotopic (exact) mass is 213 g/mol. The van der Waals surface area contributed by atoms with Gasteiger partial charge in [0.15, 0.2) is 0 Å². The van der Waals surface area contributed by atoms with Crippen LogP contribution in [0.25, 0.3) is 11.3 Å². The van der Waals surface area contributed by atoms with E-state index < -0.39 is 0 Å². The van der Waals surface area contributed by atoms with Crippen molar-refractivity contribution in [3.63, 3.8) is 0 Å². The van der Waals surface area contributed by atoms with E-state index in [0.29, 0.717) is 0 Å². The van der Waals surface area contributed by atoms with Crippen LogP contribution in [0.5, 0.6) is 0 Å². The van der Waals surface area contributed by atoms with Crippen molar-refractivity contribution in [2.75, 3.05) is 0 Å². The highest BCUT2D eigenvalue weighted by molar-refractivity contribution is 5.62. The Morgan fingerprint density at radius 3 is 2.94 bits per heavy atom. The molecule has 2 aromatic heterocycles. The third-order valence-corrected chi connectivity index (χ3v) is 3.11. The van der Waals surface area contributed by atoms with Crippen LogP contribution in [0.1, 0.15) is 23.4 Å². The van der Waals surface area contributed by atoms with Gasteiger partial charge in [0.1, 0.15) is 0 Å². The molecule has 0 atom stereocenters. The molecule has 1 aliphatic heterocycles. The number of nitrogens with zero attached hydrogens (tertiary/aromatic N) is 3. The minimum atomic E-state index is 1.06. The summed E-state index contributed by atoms with van der Waals surface area (Å²) in [4.78, 5) is 4.60. The number of aromatic nitrogens is 3. The lowest BCUT2D eigenvalue weighted by atomic mass is 10.1. The summed E-state index contributed by atoms with van der Waals surface area (Å²) in [5, 5.41) is 4.41. The molecule has 0 aliphatic carbocycles. The summed E-state index contributed by atoms with van der Waals surface area (Å²) >= 11 is 0. The molecule has 0 amide bonds. The molecule has 0 bridgehead atoms. The first-order valence-electron chi connectivity index (χ1n) is 5.74. The largest absolute Gasteiger partial charge is 0.269 e. The first-order valence-corrected chi connectivity index (χ1v) is 5.74. The van der Waals surface area contributed by atoms with Crippen LogP contribution >= 0.6 is 0 Å². The molecular weight excluding hydrogens is 198 g/mol. The van der Waals surface area contributed by atoms with Crippen molar-refractivity contribution in [1.29, 1.82) is 0 Å². The van der Waals surface area contributed by atoms with Gasteiger partial charge in [-0.2, -0.15) is 5.10 Å². The van der Waals surface area contributed by atoms with Gasteiger partial charge >= 0.3 is 0 Å². The van der Waals surface area contributed by atoms with Gasteiger partial charge in [0.05, 0.1) is 11.9 Å². The fourth-order valence-corrected chi connectivity index (χ4v) is 2.46. The van der Waals surface area contributed by atoms with Crippen LogP contribution in [0, 0.1) is 13.8 Å². The molecule has 16 heavy (non-hydrogen) atoms. The first kappa shape index (κ1) is 9.58. The van der Waals surface area contributed by atoms with Crippen molar-refractivity contribution in [3.05, 3.63) is 35.3 Å². The normalized spacial score (nSPS) is 14.1. The van der Waals surface area contributed by atoms with E-state index in [-0.39, 0.29) is 0 Å². The van der Waals surface area contributed by atoms with Gasteiger partial charge in [-0.15, -0.1) is 0 Å². The Balaban J connectivity index is 2.15. The summed E-state index contributed by atoms with van der Waals surface area (Å²) < 4.78 is 2.11. The van der Waals surface area contributed by atoms with E-state index in [2.05, 4.69) is 33.8 Å². The van der Waals surface area contributed by atoms with Crippen LogP contribution in [0.4, 0.5) is 0 Å². The zero-order chi connectivity index (χ0) is 11.1. The zero-order valence-electron chi connectivity index (χ0n) is 9.70. The van der Waals surface area contributed by atoms with Gasteiger partial charge in [-0.3, -0.25) is 9.67 Å². The lowest BCUT2D eigenvalue weighted by molar-refractivity contribution is 0.656. The van der Waals surface area contributed by atoms with Crippen molar-refractivity contribution >= 4 is 0 Å². The highest BCUT2D eigenvalue weighted by atomic mass is 15.3. The van der Waals surface area contributed by atoms with Gasteiger partial charge in [0.2, 0.25) is 0 Å². The summed E-state index contributed by atoms with van der Waals surface area (Å²) in [6.45, 7) is 5.21. The Kier molecular flexibility index (Phi) is 2.06. The topological polar surface area (TPSA) is 30.7 Å². The van der Waals surface area contributed by atoms with E-state index >= 15 is 0 Å². The number of hydrogen-bond donors (Lipinski definition) is 0. The Morgan fingerprint density at radius 1 is 1.25 bits per heavy atom. The molecule has 3 rings (SSSR count). The Morgan fingerprint density at radius 2 is 2.12 bits per heavy atom. The molecule has 0 fully saturated rings. The number of hydrogen-bond acceptors (Lipinski definition) is 2. The van der Waals surface area contributed by atoms with Crippen molar-refractivity contribution in [3.8, 4) is 11.3 Å². The molecule has 0 saturated carbocycles. The Bertz CT molecular complexity index is 520. The Hall–Kier alpha value is -1.64. The van der Waals surface area contributed by atoms with Gasteiger partial charge in [-0.1, -0.05) is 0 Å². The predicted octanol–water partition coefficient (Wildman–Crippen LogP) is 2.51. The van der Waals surface area contributed by atoms with Crippen LogP contribution in [0.2, 0.25) is 0 Å². The predicted molar refractivity (Wildman–Crippen MR) is 63.3 cm³/mol. The minimum Gasteiger partial charge on any atom is -0.269 e. The van der Waals surface area contributed by atoms with Crippen molar-refractivity contribution in [2.24, 2.45) is 0 Å². The van der Waals surface area contributed by atoms with Gasteiger partial charge in [-0.05, 0) is 44.4 Å². The molecule has 82 valence electrons. The maximum Gasteiger partial charge on any atom is 0.0742 e.